The lowest BCUT2D eigenvalue weighted by atomic mass is 9.65. The average molecular weight is 368 g/mol. The number of aromatic nitrogens is 1. The number of aromatic amines is 1. The fourth-order valence-electron chi connectivity index (χ4n) is 5.87. The van der Waals surface area contributed by atoms with Crippen LogP contribution in [-0.4, -0.2) is 36.6 Å². The van der Waals surface area contributed by atoms with Gasteiger partial charge in [0.2, 0.25) is 0 Å². The molecular formula is C23H33N3O. The van der Waals surface area contributed by atoms with Crippen LogP contribution in [0.4, 0.5) is 5.69 Å². The topological polar surface area (TPSA) is 39.3 Å². The van der Waals surface area contributed by atoms with Crippen LogP contribution >= 0.6 is 0 Å². The normalized spacial score (nSPS) is 27.3. The van der Waals surface area contributed by atoms with Crippen LogP contribution in [0.15, 0.2) is 23.0 Å². The maximum absolute atomic E-state index is 13.3. The molecule has 2 bridgehead atoms. The van der Waals surface area contributed by atoms with Crippen molar-refractivity contribution >= 4 is 16.6 Å². The summed E-state index contributed by atoms with van der Waals surface area (Å²) in [5.74, 6) is 0. The number of likely N-dealkylation sites (tertiary alicyclic amines) is 1. The minimum Gasteiger partial charge on any atom is -0.378 e. The number of fused-ring (bicyclic) bond motifs is 3. The van der Waals surface area contributed by atoms with Crippen LogP contribution < -0.4 is 10.3 Å². The van der Waals surface area contributed by atoms with E-state index < -0.39 is 0 Å². The summed E-state index contributed by atoms with van der Waals surface area (Å²) in [5, 5.41) is 0.801. The molecule has 4 nitrogen and oxygen atoms in total. The molecule has 0 unspecified atom stereocenters. The lowest BCUT2D eigenvalue weighted by molar-refractivity contribution is 0.126. The summed E-state index contributed by atoms with van der Waals surface area (Å²) in [7, 11) is 4.02. The average Bonchev–Trinajstić information content (AvgIpc) is 2.79. The largest absolute Gasteiger partial charge is 0.378 e. The number of benzene rings is 1. The van der Waals surface area contributed by atoms with Gasteiger partial charge in [-0.25, -0.2) is 0 Å². The Morgan fingerprint density at radius 2 is 1.96 bits per heavy atom. The van der Waals surface area contributed by atoms with Crippen LogP contribution in [0.1, 0.15) is 51.3 Å². The maximum Gasteiger partial charge on any atom is 0.194 e. The number of rotatable bonds is 3. The van der Waals surface area contributed by atoms with E-state index in [1.165, 1.54) is 19.3 Å². The van der Waals surface area contributed by atoms with Crippen molar-refractivity contribution in [1.82, 2.24) is 9.88 Å². The molecule has 1 aromatic carbocycles. The zero-order valence-corrected chi connectivity index (χ0v) is 17.6. The summed E-state index contributed by atoms with van der Waals surface area (Å²) in [6.07, 6.45) is 3.79. The molecule has 1 aliphatic carbocycles. The van der Waals surface area contributed by atoms with Crippen molar-refractivity contribution in [3.63, 3.8) is 0 Å². The monoisotopic (exact) mass is 367 g/mol. The number of nitrogens with one attached hydrogen (secondary N) is 1. The second-order valence-electron chi connectivity index (χ2n) is 10.3. The lowest BCUT2D eigenvalue weighted by Gasteiger charge is -2.40. The van der Waals surface area contributed by atoms with Gasteiger partial charge in [-0.2, -0.15) is 0 Å². The first-order chi connectivity index (χ1) is 12.6. The molecule has 2 atom stereocenters. The van der Waals surface area contributed by atoms with Gasteiger partial charge < -0.3 is 9.88 Å². The molecule has 1 N–H and O–H groups in total. The van der Waals surface area contributed by atoms with Gasteiger partial charge in [0.15, 0.2) is 5.43 Å². The second-order valence-corrected chi connectivity index (χ2v) is 10.3. The highest BCUT2D eigenvalue weighted by Crippen LogP contribution is 2.52. The van der Waals surface area contributed by atoms with E-state index in [2.05, 4.69) is 36.7 Å². The molecule has 146 valence electrons. The molecule has 2 aromatic rings. The van der Waals surface area contributed by atoms with Crippen LogP contribution in [0.3, 0.4) is 0 Å². The minimum atomic E-state index is 0.191. The number of hydrogen-bond acceptors (Lipinski definition) is 3. The van der Waals surface area contributed by atoms with Gasteiger partial charge in [0, 0.05) is 61.1 Å². The summed E-state index contributed by atoms with van der Waals surface area (Å²) in [6.45, 7) is 11.1. The number of pyridine rings is 1. The molecule has 0 amide bonds. The van der Waals surface area contributed by atoms with Crippen molar-refractivity contribution in [2.24, 2.45) is 10.8 Å². The van der Waals surface area contributed by atoms with Crippen LogP contribution in [0, 0.1) is 17.8 Å². The molecule has 2 aliphatic rings. The third-order valence-electron chi connectivity index (χ3n) is 6.70. The minimum absolute atomic E-state index is 0.191. The number of aryl methyl sites for hydroxylation is 1. The SMILES string of the molecule is Cc1[nH]c2ccc(N(C)C)cc2c(=O)c1CN1C[C@@]2(C)C[C@H]1CC(C)(C)C2. The molecule has 2 heterocycles. The Hall–Kier alpha value is -1.81. The highest BCUT2D eigenvalue weighted by molar-refractivity contribution is 5.83. The Kier molecular flexibility index (Phi) is 4.19. The lowest BCUT2D eigenvalue weighted by Crippen LogP contribution is -2.35. The van der Waals surface area contributed by atoms with Gasteiger partial charge >= 0.3 is 0 Å². The predicted octanol–water partition coefficient (Wildman–Crippen LogP) is 4.30. The second kappa shape index (κ2) is 6.10. The van der Waals surface area contributed by atoms with E-state index >= 15 is 0 Å². The third kappa shape index (κ3) is 3.29. The van der Waals surface area contributed by atoms with Crippen molar-refractivity contribution in [2.75, 3.05) is 25.5 Å². The van der Waals surface area contributed by atoms with Gasteiger partial charge in [-0.1, -0.05) is 20.8 Å². The van der Waals surface area contributed by atoms with Crippen LogP contribution in [0.2, 0.25) is 0 Å². The summed E-state index contributed by atoms with van der Waals surface area (Å²) >= 11 is 0. The number of H-pyrrole nitrogens is 1. The van der Waals surface area contributed by atoms with Crippen LogP contribution in [0.25, 0.3) is 10.9 Å². The van der Waals surface area contributed by atoms with Gasteiger partial charge in [-0.15, -0.1) is 0 Å². The Balaban J connectivity index is 1.71. The molecule has 4 heteroatoms. The standard InChI is InChI=1S/C23H33N3O/c1-15-19(12-26-14-23(4)11-17(26)10-22(2,3)13-23)21(27)18-9-16(25(5)6)7-8-20(18)24-15/h7-9,17H,10-14H2,1-6H3,(H,24,27)/t17-,23+/m1/s1. The predicted molar refractivity (Wildman–Crippen MR) is 114 cm³/mol. The molecule has 27 heavy (non-hydrogen) atoms. The van der Waals surface area contributed by atoms with Crippen molar-refractivity contribution in [2.45, 2.75) is 59.5 Å². The summed E-state index contributed by atoms with van der Waals surface area (Å²) in [4.78, 5) is 21.4. The van der Waals surface area contributed by atoms with E-state index in [1.807, 2.05) is 38.1 Å². The Morgan fingerprint density at radius 3 is 2.67 bits per heavy atom. The Labute approximate surface area is 162 Å². The number of nitrogens with zero attached hydrogens (tertiary/aromatic N) is 2. The van der Waals surface area contributed by atoms with Crippen LogP contribution in [0.5, 0.6) is 0 Å². The molecule has 0 radical (unpaired) electrons. The smallest absolute Gasteiger partial charge is 0.194 e. The number of anilines is 1. The van der Waals surface area contributed by atoms with E-state index in [9.17, 15) is 4.79 Å². The molecule has 4 rings (SSSR count). The summed E-state index contributed by atoms with van der Waals surface area (Å²) < 4.78 is 0. The van der Waals surface area contributed by atoms with Crippen LogP contribution in [-0.2, 0) is 6.54 Å². The fourth-order valence-corrected chi connectivity index (χ4v) is 5.87. The van der Waals surface area contributed by atoms with Gasteiger partial charge in [0.1, 0.15) is 0 Å². The quantitative estimate of drug-likeness (QED) is 0.879. The first-order valence-electron chi connectivity index (χ1n) is 10.1. The molecule has 1 aromatic heterocycles. The summed E-state index contributed by atoms with van der Waals surface area (Å²) in [5.41, 5.74) is 4.92. The van der Waals surface area contributed by atoms with Gasteiger partial charge in [0.05, 0.1) is 0 Å². The van der Waals surface area contributed by atoms with E-state index in [-0.39, 0.29) is 5.43 Å². The Morgan fingerprint density at radius 1 is 1.22 bits per heavy atom. The zero-order chi connectivity index (χ0) is 19.6. The first-order valence-corrected chi connectivity index (χ1v) is 10.1. The van der Waals surface area contributed by atoms with Crippen molar-refractivity contribution in [1.29, 1.82) is 0 Å². The van der Waals surface area contributed by atoms with Crippen molar-refractivity contribution < 1.29 is 0 Å². The van der Waals surface area contributed by atoms with Crippen molar-refractivity contribution in [3.05, 3.63) is 39.7 Å². The molecule has 2 fully saturated rings. The third-order valence-corrected chi connectivity index (χ3v) is 6.70. The van der Waals surface area contributed by atoms with E-state index in [1.54, 1.807) is 0 Å². The zero-order valence-electron chi connectivity index (χ0n) is 17.6. The molecule has 0 spiro atoms. The van der Waals surface area contributed by atoms with Gasteiger partial charge in [-0.3, -0.25) is 9.69 Å². The van der Waals surface area contributed by atoms with Gasteiger partial charge in [-0.05, 0) is 55.2 Å². The molecule has 1 saturated heterocycles. The molecule has 1 saturated carbocycles. The highest BCUT2D eigenvalue weighted by atomic mass is 16.1. The van der Waals surface area contributed by atoms with Crippen molar-refractivity contribution in [3.8, 4) is 0 Å². The number of hydrogen-bond donors (Lipinski definition) is 1. The van der Waals surface area contributed by atoms with E-state index in [4.69, 9.17) is 0 Å². The molecular weight excluding hydrogens is 334 g/mol. The van der Waals surface area contributed by atoms with E-state index in [0.29, 0.717) is 16.9 Å². The first kappa shape index (κ1) is 18.5. The summed E-state index contributed by atoms with van der Waals surface area (Å²) in [6, 6.07) is 6.70. The van der Waals surface area contributed by atoms with Gasteiger partial charge in [0.25, 0.3) is 0 Å². The Bertz CT molecular complexity index is 943. The van der Waals surface area contributed by atoms with E-state index in [0.717, 1.165) is 40.9 Å². The maximum atomic E-state index is 13.3. The highest BCUT2D eigenvalue weighted by Gasteiger charge is 2.49. The fraction of sp³-hybridized carbons (Fsp3) is 0.609. The molecule has 1 aliphatic heterocycles.